The first-order valence-corrected chi connectivity index (χ1v) is 8.96. The lowest BCUT2D eigenvalue weighted by molar-refractivity contribution is 0.102. The van der Waals surface area contributed by atoms with Gasteiger partial charge in [0, 0.05) is 17.8 Å². The van der Waals surface area contributed by atoms with E-state index in [0.29, 0.717) is 5.56 Å². The van der Waals surface area contributed by atoms with Crippen LogP contribution in [0.4, 0.5) is 5.69 Å². The maximum Gasteiger partial charge on any atom is 0.255 e. The van der Waals surface area contributed by atoms with Gasteiger partial charge in [0.2, 0.25) is 0 Å². The predicted molar refractivity (Wildman–Crippen MR) is 99.3 cm³/mol. The van der Waals surface area contributed by atoms with Crippen LogP contribution >= 0.6 is 0 Å². The number of hydrogen-bond acceptors (Lipinski definition) is 2. The number of amides is 1. The molecule has 2 aromatic rings. The molecule has 0 atom stereocenters. The highest BCUT2D eigenvalue weighted by Gasteiger charge is 2.10. The van der Waals surface area contributed by atoms with Crippen LogP contribution in [0.2, 0.25) is 0 Å². The molecular weight excluding hydrogens is 296 g/mol. The van der Waals surface area contributed by atoms with Crippen molar-refractivity contribution in [3.8, 4) is 0 Å². The quantitative estimate of drug-likeness (QED) is 0.880. The number of benzene rings is 2. The van der Waals surface area contributed by atoms with E-state index in [1.807, 2.05) is 36.4 Å². The Balaban J connectivity index is 1.57. The first kappa shape index (κ1) is 16.7. The third kappa shape index (κ3) is 4.45. The van der Waals surface area contributed by atoms with Crippen molar-refractivity contribution in [2.45, 2.75) is 39.2 Å². The summed E-state index contributed by atoms with van der Waals surface area (Å²) in [4.78, 5) is 14.8. The van der Waals surface area contributed by atoms with Crippen molar-refractivity contribution in [3.63, 3.8) is 0 Å². The Morgan fingerprint density at radius 1 is 0.917 bits per heavy atom. The molecular formula is C21H26N2O. The number of piperidine rings is 1. The highest BCUT2D eigenvalue weighted by Crippen LogP contribution is 2.16. The van der Waals surface area contributed by atoms with Crippen molar-refractivity contribution in [2.75, 3.05) is 18.4 Å². The Hall–Kier alpha value is -2.13. The molecule has 0 saturated carbocycles. The molecule has 1 amide bonds. The molecule has 0 bridgehead atoms. The summed E-state index contributed by atoms with van der Waals surface area (Å²) in [7, 11) is 0. The van der Waals surface area contributed by atoms with Crippen molar-refractivity contribution >= 4 is 11.6 Å². The zero-order valence-corrected chi connectivity index (χ0v) is 14.4. The second-order valence-corrected chi connectivity index (χ2v) is 6.54. The number of nitrogens with one attached hydrogen (secondary N) is 1. The molecule has 126 valence electrons. The largest absolute Gasteiger partial charge is 0.322 e. The maximum absolute atomic E-state index is 12.3. The monoisotopic (exact) mass is 322 g/mol. The summed E-state index contributed by atoms with van der Waals surface area (Å²) >= 11 is 0. The third-order valence-corrected chi connectivity index (χ3v) is 4.69. The highest BCUT2D eigenvalue weighted by atomic mass is 16.1. The van der Waals surface area contributed by atoms with Gasteiger partial charge in [-0.15, -0.1) is 0 Å². The first-order chi connectivity index (χ1) is 11.7. The number of hydrogen-bond donors (Lipinski definition) is 1. The van der Waals surface area contributed by atoms with Gasteiger partial charge < -0.3 is 5.32 Å². The van der Waals surface area contributed by atoms with Gasteiger partial charge in [0.15, 0.2) is 0 Å². The minimum Gasteiger partial charge on any atom is -0.322 e. The van der Waals surface area contributed by atoms with Crippen LogP contribution in [0.1, 0.15) is 47.7 Å². The molecule has 0 spiro atoms. The fraction of sp³-hybridized carbons (Fsp3) is 0.381. The van der Waals surface area contributed by atoms with Crippen LogP contribution in [-0.2, 0) is 13.0 Å². The molecule has 3 nitrogen and oxygen atoms in total. The van der Waals surface area contributed by atoms with Crippen molar-refractivity contribution in [1.82, 2.24) is 4.90 Å². The van der Waals surface area contributed by atoms with Gasteiger partial charge in [0.05, 0.1) is 0 Å². The summed E-state index contributed by atoms with van der Waals surface area (Å²) < 4.78 is 0. The molecule has 2 aromatic carbocycles. The van der Waals surface area contributed by atoms with Crippen LogP contribution in [0, 0.1) is 0 Å². The fourth-order valence-corrected chi connectivity index (χ4v) is 3.16. The topological polar surface area (TPSA) is 32.3 Å². The van der Waals surface area contributed by atoms with Crippen LogP contribution in [-0.4, -0.2) is 23.9 Å². The Bertz CT molecular complexity index is 655. The molecule has 1 saturated heterocycles. The maximum atomic E-state index is 12.3. The average Bonchev–Trinajstić information content (AvgIpc) is 2.64. The molecule has 1 heterocycles. The van der Waals surface area contributed by atoms with E-state index in [0.717, 1.165) is 18.7 Å². The van der Waals surface area contributed by atoms with Crippen molar-refractivity contribution in [2.24, 2.45) is 0 Å². The number of likely N-dealkylation sites (tertiary alicyclic amines) is 1. The standard InChI is InChI=1S/C21H26N2O/c1-2-17-6-10-19(11-7-17)21(24)22-20-12-8-18(9-13-20)16-23-14-4-3-5-15-23/h6-13H,2-5,14-16H2,1H3,(H,22,24). The minimum absolute atomic E-state index is 0.0542. The molecule has 0 aromatic heterocycles. The Labute approximate surface area is 144 Å². The molecule has 0 radical (unpaired) electrons. The average molecular weight is 322 g/mol. The number of aryl methyl sites for hydroxylation is 1. The molecule has 0 unspecified atom stereocenters. The lowest BCUT2D eigenvalue weighted by Crippen LogP contribution is -2.29. The van der Waals surface area contributed by atoms with E-state index in [1.165, 1.54) is 43.5 Å². The van der Waals surface area contributed by atoms with Gasteiger partial charge in [-0.05, 0) is 67.7 Å². The van der Waals surface area contributed by atoms with Crippen LogP contribution in [0.25, 0.3) is 0 Å². The number of nitrogens with zero attached hydrogens (tertiary/aromatic N) is 1. The van der Waals surface area contributed by atoms with E-state index in [9.17, 15) is 4.79 Å². The summed E-state index contributed by atoms with van der Waals surface area (Å²) in [5, 5.41) is 2.97. The first-order valence-electron chi connectivity index (χ1n) is 8.96. The normalized spacial score (nSPS) is 15.2. The zero-order valence-electron chi connectivity index (χ0n) is 14.4. The van der Waals surface area contributed by atoms with Crippen molar-refractivity contribution in [1.29, 1.82) is 0 Å². The summed E-state index contributed by atoms with van der Waals surface area (Å²) in [6, 6.07) is 16.0. The lowest BCUT2D eigenvalue weighted by atomic mass is 10.1. The molecule has 1 aliphatic rings. The summed E-state index contributed by atoms with van der Waals surface area (Å²) in [5.41, 5.74) is 4.10. The third-order valence-electron chi connectivity index (χ3n) is 4.69. The fourth-order valence-electron chi connectivity index (χ4n) is 3.16. The number of carbonyl (C=O) groups is 1. The van der Waals surface area contributed by atoms with E-state index < -0.39 is 0 Å². The van der Waals surface area contributed by atoms with Crippen molar-refractivity contribution < 1.29 is 4.79 Å². The van der Waals surface area contributed by atoms with Gasteiger partial charge in [-0.3, -0.25) is 9.69 Å². The molecule has 3 heteroatoms. The molecule has 1 N–H and O–H groups in total. The minimum atomic E-state index is -0.0542. The van der Waals surface area contributed by atoms with Gasteiger partial charge in [-0.25, -0.2) is 0 Å². The Morgan fingerprint density at radius 2 is 1.54 bits per heavy atom. The molecule has 1 aliphatic heterocycles. The van der Waals surface area contributed by atoms with Gasteiger partial charge in [0.1, 0.15) is 0 Å². The SMILES string of the molecule is CCc1ccc(C(=O)Nc2ccc(CN3CCCCC3)cc2)cc1. The second kappa shape index (κ2) is 8.11. The summed E-state index contributed by atoms with van der Waals surface area (Å²) in [6.07, 6.45) is 4.97. The highest BCUT2D eigenvalue weighted by molar-refractivity contribution is 6.04. The van der Waals surface area contributed by atoms with Gasteiger partial charge in [0.25, 0.3) is 5.91 Å². The Kier molecular flexibility index (Phi) is 5.65. The molecule has 0 aliphatic carbocycles. The van der Waals surface area contributed by atoms with Crippen LogP contribution in [0.3, 0.4) is 0 Å². The van der Waals surface area contributed by atoms with E-state index in [-0.39, 0.29) is 5.91 Å². The predicted octanol–water partition coefficient (Wildman–Crippen LogP) is 4.49. The summed E-state index contributed by atoms with van der Waals surface area (Å²) in [5.74, 6) is -0.0542. The van der Waals surface area contributed by atoms with Crippen molar-refractivity contribution in [3.05, 3.63) is 65.2 Å². The molecule has 1 fully saturated rings. The van der Waals surface area contributed by atoms with Crippen LogP contribution in [0.15, 0.2) is 48.5 Å². The number of carbonyl (C=O) groups excluding carboxylic acids is 1. The van der Waals surface area contributed by atoms with E-state index in [2.05, 4.69) is 29.3 Å². The number of anilines is 1. The smallest absolute Gasteiger partial charge is 0.255 e. The summed E-state index contributed by atoms with van der Waals surface area (Å²) in [6.45, 7) is 5.52. The second-order valence-electron chi connectivity index (χ2n) is 6.54. The van der Waals surface area contributed by atoms with E-state index in [4.69, 9.17) is 0 Å². The molecule has 24 heavy (non-hydrogen) atoms. The van der Waals surface area contributed by atoms with E-state index in [1.54, 1.807) is 0 Å². The Morgan fingerprint density at radius 3 is 2.17 bits per heavy atom. The molecule has 3 rings (SSSR count). The van der Waals surface area contributed by atoms with Gasteiger partial charge >= 0.3 is 0 Å². The van der Waals surface area contributed by atoms with Crippen LogP contribution in [0.5, 0.6) is 0 Å². The van der Waals surface area contributed by atoms with Gasteiger partial charge in [-0.2, -0.15) is 0 Å². The van der Waals surface area contributed by atoms with Crippen LogP contribution < -0.4 is 5.32 Å². The van der Waals surface area contributed by atoms with Gasteiger partial charge in [-0.1, -0.05) is 37.6 Å². The number of rotatable bonds is 5. The lowest BCUT2D eigenvalue weighted by Gasteiger charge is -2.26. The van der Waals surface area contributed by atoms with E-state index >= 15 is 0 Å². The zero-order chi connectivity index (χ0) is 16.8.